The molecule has 11 heteroatoms. The first-order valence-corrected chi connectivity index (χ1v) is 9.15. The molecular formula is C19H24N8O3. The second-order valence-corrected chi connectivity index (χ2v) is 6.83. The molecule has 1 aliphatic heterocycles. The number of hydrogen-bond donors (Lipinski definition) is 6. The summed E-state index contributed by atoms with van der Waals surface area (Å²) in [5.74, 6) is 5.25. The number of nitrogens with two attached hydrogens (primary N) is 3. The number of phenols is 1. The highest BCUT2D eigenvalue weighted by molar-refractivity contribution is 5.94. The van der Waals surface area contributed by atoms with Crippen molar-refractivity contribution in [3.05, 3.63) is 53.6 Å². The summed E-state index contributed by atoms with van der Waals surface area (Å²) in [7, 11) is 0. The lowest BCUT2D eigenvalue weighted by atomic mass is 10.1. The fourth-order valence-electron chi connectivity index (χ4n) is 3.05. The number of amidine groups is 1. The molecule has 0 bridgehead atoms. The Bertz CT molecular complexity index is 943. The summed E-state index contributed by atoms with van der Waals surface area (Å²) >= 11 is 0. The van der Waals surface area contributed by atoms with Crippen LogP contribution >= 0.6 is 0 Å². The Morgan fingerprint density at radius 2 is 1.87 bits per heavy atom. The molecule has 3 amide bonds. The molecule has 11 nitrogen and oxygen atoms in total. The van der Waals surface area contributed by atoms with Crippen molar-refractivity contribution in [1.29, 1.82) is 5.41 Å². The third kappa shape index (κ3) is 4.70. The molecule has 0 aromatic heterocycles. The number of nitrogens with zero attached hydrogens (tertiary/aromatic N) is 3. The van der Waals surface area contributed by atoms with Gasteiger partial charge in [0.25, 0.3) is 0 Å². The quantitative estimate of drug-likeness (QED) is 0.126. The second kappa shape index (κ2) is 8.57. The maximum Gasteiger partial charge on any atom is 0.353 e. The highest BCUT2D eigenvalue weighted by Gasteiger charge is 2.32. The number of anilines is 2. The molecule has 0 saturated carbocycles. The molecule has 3 rings (SSSR count). The Morgan fingerprint density at radius 3 is 2.50 bits per heavy atom. The Balaban J connectivity index is 1.69. The van der Waals surface area contributed by atoms with Crippen molar-refractivity contribution < 1.29 is 14.7 Å². The van der Waals surface area contributed by atoms with Gasteiger partial charge in [0.15, 0.2) is 0 Å². The fraction of sp³-hybridized carbons (Fsp3) is 0.211. The molecule has 1 aliphatic rings. The van der Waals surface area contributed by atoms with E-state index in [4.69, 9.17) is 22.7 Å². The number of aromatic hydroxyl groups is 1. The van der Waals surface area contributed by atoms with E-state index in [1.165, 1.54) is 17.1 Å². The molecule has 2 aromatic carbocycles. The average molecular weight is 412 g/mol. The van der Waals surface area contributed by atoms with Gasteiger partial charge < -0.3 is 21.9 Å². The standard InChI is InChI=1S/C19H24N8O3/c20-14-7-15(9-16(28)8-14)26-6-5-25(23)19(30)27(26)11-17(29)24-10-12-1-3-13(4-2-12)18(21)22/h1-4,7-9,28H,5-6,10-11,20,23H2,(H3,21,22)(H,24,29). The number of hydrogen-bond acceptors (Lipinski definition) is 7. The predicted molar refractivity (Wildman–Crippen MR) is 112 cm³/mol. The number of benzene rings is 2. The van der Waals surface area contributed by atoms with E-state index in [9.17, 15) is 14.7 Å². The van der Waals surface area contributed by atoms with Crippen molar-refractivity contribution >= 4 is 29.1 Å². The van der Waals surface area contributed by atoms with E-state index in [-0.39, 0.29) is 31.2 Å². The summed E-state index contributed by atoms with van der Waals surface area (Å²) in [6, 6.07) is 10.8. The van der Waals surface area contributed by atoms with Crippen LogP contribution in [0.1, 0.15) is 11.1 Å². The van der Waals surface area contributed by atoms with Crippen LogP contribution in [0.3, 0.4) is 0 Å². The molecule has 0 aliphatic carbocycles. The Morgan fingerprint density at radius 1 is 1.17 bits per heavy atom. The minimum absolute atomic E-state index is 0.0341. The third-order valence-corrected chi connectivity index (χ3v) is 4.58. The second-order valence-electron chi connectivity index (χ2n) is 6.83. The van der Waals surface area contributed by atoms with Gasteiger partial charge in [0.1, 0.15) is 18.1 Å². The number of nitrogen functional groups attached to an aromatic ring is 2. The van der Waals surface area contributed by atoms with E-state index in [0.717, 1.165) is 10.6 Å². The van der Waals surface area contributed by atoms with Gasteiger partial charge in [0.05, 0.1) is 18.8 Å². The topological polar surface area (TPSA) is 178 Å². The Labute approximate surface area is 173 Å². The number of nitrogens with one attached hydrogen (secondary N) is 2. The van der Waals surface area contributed by atoms with E-state index in [1.807, 2.05) is 0 Å². The molecule has 1 heterocycles. The third-order valence-electron chi connectivity index (χ3n) is 4.58. The van der Waals surface area contributed by atoms with Gasteiger partial charge in [-0.15, -0.1) is 0 Å². The molecule has 9 N–H and O–H groups in total. The first-order valence-electron chi connectivity index (χ1n) is 9.15. The van der Waals surface area contributed by atoms with Crippen molar-refractivity contribution in [3.63, 3.8) is 0 Å². The van der Waals surface area contributed by atoms with Crippen LogP contribution in [0, 0.1) is 5.41 Å². The van der Waals surface area contributed by atoms with E-state index < -0.39 is 11.9 Å². The molecule has 0 radical (unpaired) electrons. The van der Waals surface area contributed by atoms with Gasteiger partial charge in [-0.2, -0.15) is 0 Å². The molecule has 0 atom stereocenters. The van der Waals surface area contributed by atoms with Crippen LogP contribution in [0.25, 0.3) is 0 Å². The van der Waals surface area contributed by atoms with Crippen LogP contribution in [0.4, 0.5) is 16.2 Å². The van der Waals surface area contributed by atoms with Gasteiger partial charge in [0.2, 0.25) is 5.91 Å². The van der Waals surface area contributed by atoms with Crippen LogP contribution in [-0.4, -0.2) is 52.5 Å². The number of phenolic OH excluding ortho intramolecular Hbond substituents is 1. The molecule has 1 saturated heterocycles. The lowest BCUT2D eigenvalue weighted by molar-refractivity contribution is -0.122. The number of urea groups is 1. The van der Waals surface area contributed by atoms with E-state index in [1.54, 1.807) is 35.3 Å². The fourth-order valence-corrected chi connectivity index (χ4v) is 3.05. The number of amides is 3. The van der Waals surface area contributed by atoms with Crippen molar-refractivity contribution in [2.75, 3.05) is 30.4 Å². The van der Waals surface area contributed by atoms with Crippen molar-refractivity contribution in [2.24, 2.45) is 11.6 Å². The van der Waals surface area contributed by atoms with E-state index in [0.29, 0.717) is 23.5 Å². The summed E-state index contributed by atoms with van der Waals surface area (Å²) in [5.41, 5.74) is 13.4. The van der Waals surface area contributed by atoms with Crippen LogP contribution in [0.5, 0.6) is 5.75 Å². The summed E-state index contributed by atoms with van der Waals surface area (Å²) in [6.45, 7) is 0.540. The zero-order valence-corrected chi connectivity index (χ0v) is 16.2. The molecule has 1 fully saturated rings. The molecule has 0 spiro atoms. The molecule has 0 unspecified atom stereocenters. The van der Waals surface area contributed by atoms with Gasteiger partial charge in [-0.3, -0.25) is 20.2 Å². The molecule has 2 aromatic rings. The van der Waals surface area contributed by atoms with Crippen molar-refractivity contribution in [1.82, 2.24) is 15.3 Å². The predicted octanol–water partition coefficient (Wildman–Crippen LogP) is -0.0924. The highest BCUT2D eigenvalue weighted by Crippen LogP contribution is 2.27. The first kappa shape index (κ1) is 20.7. The number of carbonyl (C=O) groups is 2. The van der Waals surface area contributed by atoms with Crippen molar-refractivity contribution in [2.45, 2.75) is 6.54 Å². The molecule has 158 valence electrons. The number of carbonyl (C=O) groups excluding carboxylic acids is 2. The maximum atomic E-state index is 12.6. The Kier molecular flexibility index (Phi) is 5.93. The zero-order chi connectivity index (χ0) is 21.8. The normalized spacial score (nSPS) is 14.0. The molecule has 30 heavy (non-hydrogen) atoms. The van der Waals surface area contributed by atoms with Crippen molar-refractivity contribution in [3.8, 4) is 5.75 Å². The highest BCUT2D eigenvalue weighted by atomic mass is 16.3. The average Bonchev–Trinajstić information content (AvgIpc) is 2.69. The zero-order valence-electron chi connectivity index (χ0n) is 16.2. The maximum absolute atomic E-state index is 12.6. The van der Waals surface area contributed by atoms with Crippen LogP contribution in [0.15, 0.2) is 42.5 Å². The Hall–Kier alpha value is -3.99. The van der Waals surface area contributed by atoms with Gasteiger partial charge in [0, 0.05) is 29.9 Å². The smallest absolute Gasteiger partial charge is 0.353 e. The van der Waals surface area contributed by atoms with Gasteiger partial charge >= 0.3 is 6.03 Å². The largest absolute Gasteiger partial charge is 0.508 e. The first-order chi connectivity index (χ1) is 14.2. The lowest BCUT2D eigenvalue weighted by Crippen LogP contribution is -2.63. The monoisotopic (exact) mass is 412 g/mol. The summed E-state index contributed by atoms with van der Waals surface area (Å²) in [6.07, 6.45) is 0. The van der Waals surface area contributed by atoms with Gasteiger partial charge in [-0.05, 0) is 11.6 Å². The van der Waals surface area contributed by atoms with Gasteiger partial charge in [-0.25, -0.2) is 15.6 Å². The number of hydrazine groups is 2. The van der Waals surface area contributed by atoms with Crippen LogP contribution in [-0.2, 0) is 11.3 Å². The van der Waals surface area contributed by atoms with Crippen LogP contribution < -0.4 is 27.6 Å². The SMILES string of the molecule is N=C(N)c1ccc(CNC(=O)CN2C(=O)N(N)CCN2c2cc(N)cc(O)c2)cc1. The molecular weight excluding hydrogens is 388 g/mol. The minimum atomic E-state index is -0.552. The van der Waals surface area contributed by atoms with E-state index >= 15 is 0 Å². The summed E-state index contributed by atoms with van der Waals surface area (Å²) < 4.78 is 0. The summed E-state index contributed by atoms with van der Waals surface area (Å²) in [5, 5.41) is 23.8. The van der Waals surface area contributed by atoms with Crippen LogP contribution in [0.2, 0.25) is 0 Å². The van der Waals surface area contributed by atoms with E-state index in [2.05, 4.69) is 5.32 Å². The van der Waals surface area contributed by atoms with Gasteiger partial charge in [-0.1, -0.05) is 24.3 Å². The minimum Gasteiger partial charge on any atom is -0.508 e. The lowest BCUT2D eigenvalue weighted by Gasteiger charge is -2.42. The number of rotatable bonds is 6. The summed E-state index contributed by atoms with van der Waals surface area (Å²) in [4.78, 5) is 25.1.